The molecule has 6 rings (SSSR count). The lowest BCUT2D eigenvalue weighted by atomic mass is 9.84. The van der Waals surface area contributed by atoms with Gasteiger partial charge in [-0.05, 0) is 75.8 Å². The minimum absolute atomic E-state index is 0.107. The van der Waals surface area contributed by atoms with Gasteiger partial charge in [0.05, 0.1) is 23.5 Å². The zero-order valence-corrected chi connectivity index (χ0v) is 17.9. The highest BCUT2D eigenvalue weighted by atomic mass is 16.5. The van der Waals surface area contributed by atoms with E-state index in [1.807, 2.05) is 0 Å². The van der Waals surface area contributed by atoms with Crippen molar-refractivity contribution in [2.75, 3.05) is 30.3 Å². The maximum absolute atomic E-state index is 13.2. The molecule has 2 N–H and O–H groups in total. The predicted octanol–water partition coefficient (Wildman–Crippen LogP) is 4.03. The number of pyridine rings is 1. The van der Waals surface area contributed by atoms with Gasteiger partial charge in [0.15, 0.2) is 0 Å². The molecule has 0 unspecified atom stereocenters. The Kier molecular flexibility index (Phi) is 4.75. The largest absolute Gasteiger partial charge is 0.462 e. The quantitative estimate of drug-likeness (QED) is 0.609. The second-order valence-corrected chi connectivity index (χ2v) is 9.36. The van der Waals surface area contributed by atoms with E-state index < -0.39 is 5.97 Å². The van der Waals surface area contributed by atoms with Gasteiger partial charge < -0.3 is 19.9 Å². The molecule has 160 valence electrons. The molecule has 4 aliphatic rings. The predicted molar refractivity (Wildman–Crippen MR) is 119 cm³/mol. The van der Waals surface area contributed by atoms with Crippen molar-refractivity contribution in [2.45, 2.75) is 58.4 Å². The minimum Gasteiger partial charge on any atom is -0.462 e. The Morgan fingerprint density at radius 2 is 1.77 bits per heavy atom. The number of benzene rings is 1. The lowest BCUT2D eigenvalue weighted by molar-refractivity contribution is 0.0524. The molecule has 2 saturated carbocycles. The van der Waals surface area contributed by atoms with Gasteiger partial charge in [0.25, 0.3) is 0 Å². The van der Waals surface area contributed by atoms with Gasteiger partial charge in [-0.3, -0.25) is 4.79 Å². The van der Waals surface area contributed by atoms with E-state index in [1.54, 1.807) is 19.2 Å². The van der Waals surface area contributed by atoms with Gasteiger partial charge in [-0.25, -0.2) is 4.79 Å². The van der Waals surface area contributed by atoms with Crippen LogP contribution in [0.2, 0.25) is 0 Å². The lowest BCUT2D eigenvalue weighted by Crippen LogP contribution is -2.30. The second kappa shape index (κ2) is 7.33. The zero-order chi connectivity index (χ0) is 21.0. The number of nitrogens with two attached hydrogens (primary N) is 1. The summed E-state index contributed by atoms with van der Waals surface area (Å²) in [7, 11) is 0. The average Bonchev–Trinajstić information content (AvgIpc) is 3.57. The van der Waals surface area contributed by atoms with Crippen molar-refractivity contribution in [2.24, 2.45) is 11.8 Å². The van der Waals surface area contributed by atoms with Gasteiger partial charge in [-0.1, -0.05) is 0 Å². The van der Waals surface area contributed by atoms with Gasteiger partial charge in [-0.2, -0.15) is 0 Å². The zero-order valence-electron chi connectivity index (χ0n) is 17.9. The summed E-state index contributed by atoms with van der Waals surface area (Å²) >= 11 is 0. The first kappa shape index (κ1) is 19.5. The molecule has 2 bridgehead atoms. The molecular weight excluding hydrogens is 378 g/mol. The van der Waals surface area contributed by atoms with E-state index in [2.05, 4.69) is 16.4 Å². The van der Waals surface area contributed by atoms with Crippen LogP contribution in [0.25, 0.3) is 10.9 Å². The molecule has 6 heteroatoms. The fraction of sp³-hybridized carbons (Fsp3) is 0.583. The standard InChI is InChI=1S/C24H31N3O3/c1-3-30-24(29)19-13-27(17-8-9-17)21-14(2)22(20(25)10-18(21)23(19)28)26-11-15-4-5-16(12-26)7-6-15/h10,13,15-17H,3-9,11-12,25H2,1-2H3. The number of nitrogens with zero attached hydrogens (tertiary/aromatic N) is 2. The highest BCUT2D eigenvalue weighted by Gasteiger charge is 2.33. The molecule has 0 radical (unpaired) electrons. The van der Waals surface area contributed by atoms with Crippen LogP contribution in [-0.4, -0.2) is 30.2 Å². The van der Waals surface area contributed by atoms with Crippen molar-refractivity contribution in [1.82, 2.24) is 4.57 Å². The number of anilines is 2. The fourth-order valence-corrected chi connectivity index (χ4v) is 5.63. The highest BCUT2D eigenvalue weighted by Crippen LogP contribution is 2.43. The van der Waals surface area contributed by atoms with Crippen LogP contribution >= 0.6 is 0 Å². The molecule has 3 heterocycles. The van der Waals surface area contributed by atoms with Crippen LogP contribution in [0.5, 0.6) is 0 Å². The molecule has 0 spiro atoms. The van der Waals surface area contributed by atoms with Crippen molar-refractivity contribution < 1.29 is 9.53 Å². The highest BCUT2D eigenvalue weighted by molar-refractivity contribution is 5.98. The summed E-state index contributed by atoms with van der Waals surface area (Å²) in [6.45, 7) is 6.17. The number of carbonyl (C=O) groups is 1. The number of ether oxygens (including phenoxy) is 1. The summed E-state index contributed by atoms with van der Waals surface area (Å²) in [6.07, 6.45) is 9.08. The van der Waals surface area contributed by atoms with Gasteiger partial charge in [0, 0.05) is 30.7 Å². The van der Waals surface area contributed by atoms with E-state index in [0.717, 1.165) is 54.5 Å². The number of nitrogen functional groups attached to an aromatic ring is 1. The van der Waals surface area contributed by atoms with Crippen LogP contribution in [0.1, 0.15) is 67.4 Å². The number of hydrogen-bond donors (Lipinski definition) is 1. The normalized spacial score (nSPS) is 23.6. The van der Waals surface area contributed by atoms with Gasteiger partial charge >= 0.3 is 5.97 Å². The number of esters is 1. The van der Waals surface area contributed by atoms with E-state index in [-0.39, 0.29) is 17.6 Å². The van der Waals surface area contributed by atoms with Crippen molar-refractivity contribution in [3.05, 3.63) is 33.6 Å². The molecule has 6 nitrogen and oxygen atoms in total. The van der Waals surface area contributed by atoms with Crippen LogP contribution in [0.15, 0.2) is 17.1 Å². The fourth-order valence-electron chi connectivity index (χ4n) is 5.63. The van der Waals surface area contributed by atoms with Crippen molar-refractivity contribution in [3.8, 4) is 0 Å². The summed E-state index contributed by atoms with van der Waals surface area (Å²) in [6, 6.07) is 2.13. The Labute approximate surface area is 177 Å². The lowest BCUT2D eigenvalue weighted by Gasteiger charge is -2.29. The number of hydrogen-bond acceptors (Lipinski definition) is 5. The first-order valence-electron chi connectivity index (χ1n) is 11.4. The molecule has 30 heavy (non-hydrogen) atoms. The summed E-state index contributed by atoms with van der Waals surface area (Å²) in [5.41, 5.74) is 10.1. The summed E-state index contributed by atoms with van der Waals surface area (Å²) in [4.78, 5) is 28.1. The molecule has 0 amide bonds. The topological polar surface area (TPSA) is 77.6 Å². The molecule has 2 aliphatic carbocycles. The van der Waals surface area contributed by atoms with Crippen LogP contribution in [0.4, 0.5) is 11.4 Å². The number of carbonyl (C=O) groups excluding carboxylic acids is 1. The first-order chi connectivity index (χ1) is 14.5. The second-order valence-electron chi connectivity index (χ2n) is 9.36. The molecular formula is C24H31N3O3. The number of aromatic nitrogens is 1. The molecule has 2 aliphatic heterocycles. The molecule has 0 atom stereocenters. The Bertz CT molecular complexity index is 1050. The van der Waals surface area contributed by atoms with E-state index >= 15 is 0 Å². The van der Waals surface area contributed by atoms with Crippen LogP contribution in [-0.2, 0) is 4.74 Å². The first-order valence-corrected chi connectivity index (χ1v) is 11.4. The van der Waals surface area contributed by atoms with Gasteiger partial charge in [-0.15, -0.1) is 0 Å². The minimum atomic E-state index is -0.553. The van der Waals surface area contributed by atoms with E-state index in [9.17, 15) is 9.59 Å². The summed E-state index contributed by atoms with van der Waals surface area (Å²) < 4.78 is 7.28. The maximum Gasteiger partial charge on any atom is 0.343 e. The molecule has 2 aromatic rings. The average molecular weight is 410 g/mol. The summed E-state index contributed by atoms with van der Waals surface area (Å²) in [5.74, 6) is 0.910. The van der Waals surface area contributed by atoms with E-state index in [1.165, 1.54) is 25.7 Å². The SMILES string of the molecule is CCOC(=O)c1cn(C2CC2)c2c(C)c(N3CC4CCC(CC4)C3)c(N)cc2c1=O. The maximum atomic E-state index is 13.2. The monoisotopic (exact) mass is 409 g/mol. The number of fused-ring (bicyclic) bond motifs is 5. The third-order valence-corrected chi connectivity index (χ3v) is 7.23. The van der Waals surface area contributed by atoms with Crippen molar-refractivity contribution >= 4 is 28.2 Å². The molecule has 1 aromatic heterocycles. The van der Waals surface area contributed by atoms with Gasteiger partial charge in [0.2, 0.25) is 5.43 Å². The molecule has 1 aromatic carbocycles. The summed E-state index contributed by atoms with van der Waals surface area (Å²) in [5, 5.41) is 0.531. The van der Waals surface area contributed by atoms with E-state index in [0.29, 0.717) is 17.1 Å². The Morgan fingerprint density at radius 3 is 2.33 bits per heavy atom. The number of rotatable bonds is 4. The Balaban J connectivity index is 1.70. The third kappa shape index (κ3) is 3.17. The van der Waals surface area contributed by atoms with Crippen LogP contribution < -0.4 is 16.1 Å². The molecule has 4 fully saturated rings. The smallest absolute Gasteiger partial charge is 0.343 e. The van der Waals surface area contributed by atoms with Crippen LogP contribution in [0.3, 0.4) is 0 Å². The third-order valence-electron chi connectivity index (χ3n) is 7.23. The Morgan fingerprint density at radius 1 is 1.13 bits per heavy atom. The Hall–Kier alpha value is -2.50. The van der Waals surface area contributed by atoms with Crippen molar-refractivity contribution in [1.29, 1.82) is 0 Å². The van der Waals surface area contributed by atoms with Crippen LogP contribution in [0, 0.1) is 18.8 Å². The van der Waals surface area contributed by atoms with E-state index in [4.69, 9.17) is 10.5 Å². The number of aryl methyl sites for hydroxylation is 1. The molecule has 2 saturated heterocycles. The van der Waals surface area contributed by atoms with Gasteiger partial charge in [0.1, 0.15) is 5.56 Å². The van der Waals surface area contributed by atoms with Crippen molar-refractivity contribution in [3.63, 3.8) is 0 Å².